The molecule has 0 aliphatic heterocycles. The second kappa shape index (κ2) is 4.48. The number of fused-ring (bicyclic) bond motifs is 1. The first-order valence-corrected chi connectivity index (χ1v) is 5.68. The predicted molar refractivity (Wildman–Crippen MR) is 65.2 cm³/mol. The van der Waals surface area contributed by atoms with Crippen molar-refractivity contribution in [3.05, 3.63) is 35.4 Å². The first kappa shape index (κ1) is 12.7. The van der Waals surface area contributed by atoms with Gasteiger partial charge < -0.3 is 5.73 Å². The van der Waals surface area contributed by atoms with E-state index in [-0.39, 0.29) is 0 Å². The molecule has 2 aromatic rings. The van der Waals surface area contributed by atoms with E-state index in [0.717, 1.165) is 24.1 Å². The molecule has 18 heavy (non-hydrogen) atoms. The van der Waals surface area contributed by atoms with E-state index >= 15 is 0 Å². The number of hydrogen-bond donors (Lipinski definition) is 1. The van der Waals surface area contributed by atoms with E-state index in [1.165, 1.54) is 6.07 Å². The summed E-state index contributed by atoms with van der Waals surface area (Å²) in [5.41, 5.74) is 6.38. The van der Waals surface area contributed by atoms with Crippen molar-refractivity contribution in [2.75, 3.05) is 5.73 Å². The zero-order valence-corrected chi connectivity index (χ0v) is 9.88. The molecule has 0 bridgehead atoms. The lowest BCUT2D eigenvalue weighted by Crippen LogP contribution is -2.05. The summed E-state index contributed by atoms with van der Waals surface area (Å²) in [6.07, 6.45) is -2.75. The van der Waals surface area contributed by atoms with Gasteiger partial charge in [-0.1, -0.05) is 13.3 Å². The summed E-state index contributed by atoms with van der Waals surface area (Å²) in [4.78, 5) is 4.13. The molecule has 1 aromatic heterocycles. The molecule has 96 valence electrons. The Bertz CT molecular complexity index is 576. The van der Waals surface area contributed by atoms with Crippen LogP contribution in [0.2, 0.25) is 0 Å². The molecule has 5 heteroatoms. The Morgan fingerprint density at radius 1 is 1.22 bits per heavy atom. The monoisotopic (exact) mass is 254 g/mol. The summed E-state index contributed by atoms with van der Waals surface area (Å²) in [7, 11) is 0. The van der Waals surface area contributed by atoms with E-state index in [1.54, 1.807) is 6.07 Å². The van der Waals surface area contributed by atoms with Crippen molar-refractivity contribution in [2.24, 2.45) is 0 Å². The van der Waals surface area contributed by atoms with Gasteiger partial charge in [-0.15, -0.1) is 0 Å². The number of pyridine rings is 1. The third-order valence-corrected chi connectivity index (χ3v) is 2.77. The summed E-state index contributed by atoms with van der Waals surface area (Å²) in [6, 6.07) is 5.18. The number of hydrogen-bond acceptors (Lipinski definition) is 2. The lowest BCUT2D eigenvalue weighted by molar-refractivity contribution is -0.137. The minimum absolute atomic E-state index is 0.393. The number of anilines is 1. The Morgan fingerprint density at radius 3 is 2.56 bits per heavy atom. The van der Waals surface area contributed by atoms with Crippen LogP contribution in [0.15, 0.2) is 24.3 Å². The quantitative estimate of drug-likeness (QED) is 0.885. The van der Waals surface area contributed by atoms with E-state index in [4.69, 9.17) is 5.73 Å². The molecular weight excluding hydrogens is 241 g/mol. The Balaban J connectivity index is 2.58. The van der Waals surface area contributed by atoms with Gasteiger partial charge in [-0.05, 0) is 36.2 Å². The van der Waals surface area contributed by atoms with Crippen LogP contribution in [0.5, 0.6) is 0 Å². The Kier molecular flexibility index (Phi) is 3.15. The van der Waals surface area contributed by atoms with Crippen molar-refractivity contribution in [3.8, 4) is 0 Å². The summed E-state index contributed by atoms with van der Waals surface area (Å²) in [6.45, 7) is 1.98. The molecule has 1 aromatic carbocycles. The number of halogens is 3. The van der Waals surface area contributed by atoms with Gasteiger partial charge in [-0.3, -0.25) is 0 Å². The fourth-order valence-corrected chi connectivity index (χ4v) is 1.88. The van der Waals surface area contributed by atoms with E-state index < -0.39 is 11.7 Å². The number of nitrogen functional groups attached to an aromatic ring is 1. The maximum Gasteiger partial charge on any atom is 0.416 e. The highest BCUT2D eigenvalue weighted by atomic mass is 19.4. The number of nitrogens with two attached hydrogens (primary N) is 1. The van der Waals surface area contributed by atoms with E-state index in [2.05, 4.69) is 4.98 Å². The third kappa shape index (κ3) is 2.39. The average Bonchev–Trinajstić information content (AvgIpc) is 2.28. The van der Waals surface area contributed by atoms with Crippen molar-refractivity contribution >= 4 is 16.7 Å². The summed E-state index contributed by atoms with van der Waals surface area (Å²) >= 11 is 0. The standard InChI is InChI=1S/C13H13F3N2/c1-2-3-8-6-9-7-10(13(14,15)16)4-5-11(9)18-12(8)17/h4-7H,2-3H2,1H3,(H2,17,18). The molecule has 0 fully saturated rings. The molecule has 0 saturated carbocycles. The summed E-state index contributed by atoms with van der Waals surface area (Å²) in [5.74, 6) is 0.393. The molecule has 0 aliphatic rings. The van der Waals surface area contributed by atoms with Crippen molar-refractivity contribution in [3.63, 3.8) is 0 Å². The van der Waals surface area contributed by atoms with Crippen LogP contribution in [0.3, 0.4) is 0 Å². The van der Waals surface area contributed by atoms with Crippen LogP contribution >= 0.6 is 0 Å². The lowest BCUT2D eigenvalue weighted by Gasteiger charge is -2.09. The minimum atomic E-state index is -4.33. The van der Waals surface area contributed by atoms with Gasteiger partial charge in [0.25, 0.3) is 0 Å². The van der Waals surface area contributed by atoms with Crippen LogP contribution in [0.25, 0.3) is 10.9 Å². The highest BCUT2D eigenvalue weighted by Gasteiger charge is 2.30. The minimum Gasteiger partial charge on any atom is -0.383 e. The topological polar surface area (TPSA) is 38.9 Å². The van der Waals surface area contributed by atoms with Crippen LogP contribution in [0.1, 0.15) is 24.5 Å². The smallest absolute Gasteiger partial charge is 0.383 e. The molecule has 0 spiro atoms. The third-order valence-electron chi connectivity index (χ3n) is 2.77. The fraction of sp³-hybridized carbons (Fsp3) is 0.308. The number of aryl methyl sites for hydroxylation is 1. The molecular formula is C13H13F3N2. The van der Waals surface area contributed by atoms with Gasteiger partial charge in [0.1, 0.15) is 5.82 Å². The van der Waals surface area contributed by atoms with Gasteiger partial charge in [0.15, 0.2) is 0 Å². The molecule has 0 atom stereocenters. The maximum absolute atomic E-state index is 12.6. The second-order valence-electron chi connectivity index (χ2n) is 4.19. The summed E-state index contributed by atoms with van der Waals surface area (Å²) < 4.78 is 37.8. The maximum atomic E-state index is 12.6. The van der Waals surface area contributed by atoms with Crippen LogP contribution in [0, 0.1) is 0 Å². The molecule has 2 nitrogen and oxygen atoms in total. The molecule has 2 rings (SSSR count). The highest BCUT2D eigenvalue weighted by molar-refractivity contribution is 5.82. The fourth-order valence-electron chi connectivity index (χ4n) is 1.88. The zero-order chi connectivity index (χ0) is 13.3. The molecule has 0 saturated heterocycles. The Hall–Kier alpha value is -1.78. The van der Waals surface area contributed by atoms with Crippen LogP contribution in [0.4, 0.5) is 19.0 Å². The first-order valence-electron chi connectivity index (χ1n) is 5.68. The van der Waals surface area contributed by atoms with Crippen LogP contribution in [-0.2, 0) is 12.6 Å². The van der Waals surface area contributed by atoms with Crippen molar-refractivity contribution in [2.45, 2.75) is 25.9 Å². The van der Waals surface area contributed by atoms with Gasteiger partial charge in [0.05, 0.1) is 11.1 Å². The van der Waals surface area contributed by atoms with E-state index in [1.807, 2.05) is 6.92 Å². The van der Waals surface area contributed by atoms with Crippen LogP contribution < -0.4 is 5.73 Å². The number of benzene rings is 1. The lowest BCUT2D eigenvalue weighted by atomic mass is 10.1. The second-order valence-corrected chi connectivity index (χ2v) is 4.19. The van der Waals surface area contributed by atoms with Crippen molar-refractivity contribution < 1.29 is 13.2 Å². The molecule has 0 radical (unpaired) electrons. The highest BCUT2D eigenvalue weighted by Crippen LogP contribution is 2.31. The SMILES string of the molecule is CCCc1cc2cc(C(F)(F)F)ccc2nc1N. The Morgan fingerprint density at radius 2 is 1.94 bits per heavy atom. The van der Waals surface area contributed by atoms with Gasteiger partial charge in [-0.25, -0.2) is 4.98 Å². The van der Waals surface area contributed by atoms with Gasteiger partial charge in [-0.2, -0.15) is 13.2 Å². The number of aromatic nitrogens is 1. The number of nitrogens with zero attached hydrogens (tertiary/aromatic N) is 1. The Labute approximate surface area is 103 Å². The normalized spacial score (nSPS) is 12.0. The van der Waals surface area contributed by atoms with E-state index in [9.17, 15) is 13.2 Å². The van der Waals surface area contributed by atoms with Crippen molar-refractivity contribution in [1.82, 2.24) is 4.98 Å². The molecule has 0 unspecified atom stereocenters. The van der Waals surface area contributed by atoms with Crippen molar-refractivity contribution in [1.29, 1.82) is 0 Å². The molecule has 1 heterocycles. The molecule has 0 amide bonds. The first-order chi connectivity index (χ1) is 8.41. The van der Waals surface area contributed by atoms with Gasteiger partial charge >= 0.3 is 6.18 Å². The van der Waals surface area contributed by atoms with Gasteiger partial charge in [0.2, 0.25) is 0 Å². The van der Waals surface area contributed by atoms with E-state index in [0.29, 0.717) is 23.1 Å². The predicted octanol–water partition coefficient (Wildman–Crippen LogP) is 3.79. The molecule has 0 aliphatic carbocycles. The largest absolute Gasteiger partial charge is 0.416 e. The summed E-state index contributed by atoms with van der Waals surface area (Å²) in [5, 5.41) is 0.475. The average molecular weight is 254 g/mol. The van der Waals surface area contributed by atoms with Gasteiger partial charge in [0, 0.05) is 5.39 Å². The van der Waals surface area contributed by atoms with Crippen LogP contribution in [-0.4, -0.2) is 4.98 Å². The zero-order valence-electron chi connectivity index (χ0n) is 9.88. The number of alkyl halides is 3. The number of rotatable bonds is 2. The molecule has 2 N–H and O–H groups in total.